The lowest BCUT2D eigenvalue weighted by molar-refractivity contribution is 0.475. The van der Waals surface area contributed by atoms with E-state index in [-0.39, 0.29) is 11.4 Å². The van der Waals surface area contributed by atoms with Gasteiger partial charge in [0.25, 0.3) is 0 Å². The summed E-state index contributed by atoms with van der Waals surface area (Å²) in [6.07, 6.45) is 0. The number of aromatic nitrogens is 2. The normalized spacial score (nSPS) is 10.9. The number of aromatic hydroxyl groups is 1. The quantitative estimate of drug-likeness (QED) is 0.689. The van der Waals surface area contributed by atoms with Crippen molar-refractivity contribution in [3.8, 4) is 11.4 Å². The molecule has 0 spiro atoms. The van der Waals surface area contributed by atoms with Gasteiger partial charge in [0, 0.05) is 12.1 Å². The average molecular weight is 244 g/mol. The summed E-state index contributed by atoms with van der Waals surface area (Å²) in [4.78, 5) is 14.5. The van der Waals surface area contributed by atoms with Gasteiger partial charge in [0.2, 0.25) is 0 Å². The van der Waals surface area contributed by atoms with Crippen molar-refractivity contribution >= 4 is 11.0 Å². The maximum atomic E-state index is 13.2. The van der Waals surface area contributed by atoms with Crippen LogP contribution in [0, 0.1) is 5.82 Å². The molecule has 0 amide bonds. The topological polar surface area (TPSA) is 58.0 Å². The maximum Gasteiger partial charge on any atom is 0.331 e. The number of fused-ring (bicyclic) bond motifs is 1. The first-order valence-corrected chi connectivity index (χ1v) is 5.35. The van der Waals surface area contributed by atoms with E-state index in [0.717, 1.165) is 0 Å². The minimum Gasteiger partial charge on any atom is -0.508 e. The highest BCUT2D eigenvalue weighted by Crippen LogP contribution is 2.19. The van der Waals surface area contributed by atoms with Gasteiger partial charge in [-0.2, -0.15) is 0 Å². The molecular weight excluding hydrogens is 235 g/mol. The molecule has 0 aliphatic heterocycles. The number of hydrogen-bond donors (Lipinski definition) is 2. The maximum absolute atomic E-state index is 13.2. The molecule has 2 aromatic carbocycles. The third-order valence-corrected chi connectivity index (χ3v) is 2.73. The summed E-state index contributed by atoms with van der Waals surface area (Å²) in [5.74, 6) is -0.374. The van der Waals surface area contributed by atoms with Crippen molar-refractivity contribution < 1.29 is 9.50 Å². The lowest BCUT2D eigenvalue weighted by atomic mass is 10.2. The molecule has 18 heavy (non-hydrogen) atoms. The van der Waals surface area contributed by atoms with E-state index >= 15 is 0 Å². The van der Waals surface area contributed by atoms with Crippen molar-refractivity contribution in [1.82, 2.24) is 9.55 Å². The fraction of sp³-hybridized carbons (Fsp3) is 0. The van der Waals surface area contributed by atoms with Crippen LogP contribution in [0.5, 0.6) is 5.75 Å². The molecule has 90 valence electrons. The van der Waals surface area contributed by atoms with E-state index < -0.39 is 5.82 Å². The molecule has 5 heteroatoms. The van der Waals surface area contributed by atoms with Crippen LogP contribution in [0.15, 0.2) is 47.3 Å². The Morgan fingerprint density at radius 3 is 2.78 bits per heavy atom. The largest absolute Gasteiger partial charge is 0.508 e. The fourth-order valence-corrected chi connectivity index (χ4v) is 1.96. The van der Waals surface area contributed by atoms with Crippen LogP contribution in [-0.4, -0.2) is 14.7 Å². The molecule has 3 aromatic rings. The van der Waals surface area contributed by atoms with Crippen LogP contribution in [0.3, 0.4) is 0 Å². The van der Waals surface area contributed by atoms with Gasteiger partial charge in [0.05, 0.1) is 16.7 Å². The van der Waals surface area contributed by atoms with Crippen LogP contribution in [-0.2, 0) is 0 Å². The van der Waals surface area contributed by atoms with Crippen molar-refractivity contribution in [2.24, 2.45) is 0 Å². The molecule has 1 aromatic heterocycles. The Morgan fingerprint density at radius 1 is 1.17 bits per heavy atom. The second kappa shape index (κ2) is 3.73. The van der Waals surface area contributed by atoms with Gasteiger partial charge in [0.15, 0.2) is 0 Å². The Bertz CT molecular complexity index is 789. The standard InChI is InChI=1S/C13H9FN2O2/c14-8-4-5-11-12(6-8)16(13(18)15-11)9-2-1-3-10(17)7-9/h1-7,17H,(H,15,18). The molecule has 1 heterocycles. The Morgan fingerprint density at radius 2 is 2.00 bits per heavy atom. The second-order valence-electron chi connectivity index (χ2n) is 3.95. The monoisotopic (exact) mass is 244 g/mol. The van der Waals surface area contributed by atoms with Crippen molar-refractivity contribution in [3.05, 3.63) is 58.8 Å². The number of imidazole rings is 1. The molecule has 0 unspecified atom stereocenters. The van der Waals surface area contributed by atoms with Gasteiger partial charge in [-0.3, -0.25) is 4.57 Å². The molecule has 0 saturated carbocycles. The van der Waals surface area contributed by atoms with E-state index in [2.05, 4.69) is 4.98 Å². The Balaban J connectivity index is 2.38. The fourth-order valence-electron chi connectivity index (χ4n) is 1.96. The van der Waals surface area contributed by atoms with Crippen LogP contribution in [0.2, 0.25) is 0 Å². The first kappa shape index (κ1) is 10.6. The summed E-state index contributed by atoms with van der Waals surface area (Å²) in [6, 6.07) is 10.3. The van der Waals surface area contributed by atoms with Gasteiger partial charge < -0.3 is 10.1 Å². The summed E-state index contributed by atoms with van der Waals surface area (Å²) in [7, 11) is 0. The van der Waals surface area contributed by atoms with Gasteiger partial charge in [-0.25, -0.2) is 9.18 Å². The van der Waals surface area contributed by atoms with Crippen LogP contribution in [0.25, 0.3) is 16.7 Å². The molecule has 0 atom stereocenters. The highest BCUT2D eigenvalue weighted by atomic mass is 19.1. The first-order chi connectivity index (χ1) is 8.65. The number of rotatable bonds is 1. The minimum absolute atomic E-state index is 0.0464. The Kier molecular flexibility index (Phi) is 2.19. The summed E-state index contributed by atoms with van der Waals surface area (Å²) in [5, 5.41) is 9.43. The van der Waals surface area contributed by atoms with E-state index in [4.69, 9.17) is 0 Å². The van der Waals surface area contributed by atoms with Crippen molar-refractivity contribution in [2.75, 3.05) is 0 Å². The molecule has 0 saturated heterocycles. The molecule has 0 radical (unpaired) electrons. The Hall–Kier alpha value is -2.56. The van der Waals surface area contributed by atoms with Gasteiger partial charge in [-0.05, 0) is 24.3 Å². The third-order valence-electron chi connectivity index (χ3n) is 2.73. The van der Waals surface area contributed by atoms with Crippen LogP contribution in [0.1, 0.15) is 0 Å². The van der Waals surface area contributed by atoms with Crippen LogP contribution >= 0.6 is 0 Å². The number of phenolic OH excluding ortho intramolecular Hbond substituents is 1. The van der Waals surface area contributed by atoms with Gasteiger partial charge in [-0.1, -0.05) is 6.07 Å². The predicted octanol–water partition coefficient (Wildman–Crippen LogP) is 2.16. The lowest BCUT2D eigenvalue weighted by Gasteiger charge is -2.03. The zero-order valence-corrected chi connectivity index (χ0v) is 9.22. The minimum atomic E-state index is -0.421. The van der Waals surface area contributed by atoms with E-state index in [1.807, 2.05) is 0 Å². The SMILES string of the molecule is O=c1[nH]c2ccc(F)cc2n1-c1cccc(O)c1. The highest BCUT2D eigenvalue weighted by Gasteiger charge is 2.09. The van der Waals surface area contributed by atoms with Crippen molar-refractivity contribution in [3.63, 3.8) is 0 Å². The lowest BCUT2D eigenvalue weighted by Crippen LogP contribution is -2.14. The van der Waals surface area contributed by atoms with E-state index in [9.17, 15) is 14.3 Å². The molecular formula is C13H9FN2O2. The summed E-state index contributed by atoms with van der Waals surface area (Å²) in [6.45, 7) is 0. The molecule has 0 aliphatic rings. The zero-order chi connectivity index (χ0) is 12.7. The van der Waals surface area contributed by atoms with Gasteiger partial charge in [-0.15, -0.1) is 0 Å². The molecule has 4 nitrogen and oxygen atoms in total. The molecule has 0 aliphatic carbocycles. The highest BCUT2D eigenvalue weighted by molar-refractivity contribution is 5.77. The predicted molar refractivity (Wildman–Crippen MR) is 65.5 cm³/mol. The van der Waals surface area contributed by atoms with Gasteiger partial charge >= 0.3 is 5.69 Å². The number of benzene rings is 2. The van der Waals surface area contributed by atoms with Gasteiger partial charge in [0.1, 0.15) is 11.6 Å². The first-order valence-electron chi connectivity index (χ1n) is 5.35. The number of H-pyrrole nitrogens is 1. The van der Waals surface area contributed by atoms with Crippen LogP contribution < -0.4 is 5.69 Å². The number of phenols is 1. The zero-order valence-electron chi connectivity index (χ0n) is 9.22. The van der Waals surface area contributed by atoms with E-state index in [1.165, 1.54) is 34.9 Å². The molecule has 0 fully saturated rings. The number of hydrogen-bond acceptors (Lipinski definition) is 2. The number of aromatic amines is 1. The third kappa shape index (κ3) is 1.57. The second-order valence-corrected chi connectivity index (χ2v) is 3.95. The number of nitrogens with zero attached hydrogens (tertiary/aromatic N) is 1. The molecule has 2 N–H and O–H groups in total. The summed E-state index contributed by atoms with van der Waals surface area (Å²) in [5.41, 5.74) is 1.09. The van der Waals surface area contributed by atoms with Crippen molar-refractivity contribution in [1.29, 1.82) is 0 Å². The summed E-state index contributed by atoms with van der Waals surface area (Å²) < 4.78 is 14.6. The average Bonchev–Trinajstić information content (AvgIpc) is 2.64. The van der Waals surface area contributed by atoms with E-state index in [0.29, 0.717) is 16.7 Å². The number of halogens is 1. The molecule has 0 bridgehead atoms. The Labute approximate surface area is 101 Å². The summed E-state index contributed by atoms with van der Waals surface area (Å²) >= 11 is 0. The smallest absolute Gasteiger partial charge is 0.331 e. The van der Waals surface area contributed by atoms with Crippen molar-refractivity contribution in [2.45, 2.75) is 0 Å². The molecule has 3 rings (SSSR count). The van der Waals surface area contributed by atoms with E-state index in [1.54, 1.807) is 12.1 Å². The number of nitrogens with one attached hydrogen (secondary N) is 1. The van der Waals surface area contributed by atoms with Crippen LogP contribution in [0.4, 0.5) is 4.39 Å².